The van der Waals surface area contributed by atoms with Gasteiger partial charge in [-0.25, -0.2) is 4.98 Å². The number of amides is 1. The molecule has 0 bridgehead atoms. The Labute approximate surface area is 164 Å². The van der Waals surface area contributed by atoms with Crippen molar-refractivity contribution in [3.8, 4) is 11.5 Å². The molecule has 0 aliphatic rings. The van der Waals surface area contributed by atoms with Crippen LogP contribution < -0.4 is 20.1 Å². The number of ether oxygens (including phenoxy) is 2. The molecular formula is C22H23N3O3. The molecule has 1 aromatic heterocycles. The van der Waals surface area contributed by atoms with Gasteiger partial charge in [0, 0.05) is 18.4 Å². The van der Waals surface area contributed by atoms with Gasteiger partial charge in [-0.15, -0.1) is 0 Å². The highest BCUT2D eigenvalue weighted by Crippen LogP contribution is 2.27. The van der Waals surface area contributed by atoms with Crippen LogP contribution in [0.15, 0.2) is 60.8 Å². The zero-order valence-electron chi connectivity index (χ0n) is 16.2. The van der Waals surface area contributed by atoms with Crippen LogP contribution >= 0.6 is 0 Å². The first-order valence-electron chi connectivity index (χ1n) is 8.88. The molecule has 28 heavy (non-hydrogen) atoms. The summed E-state index contributed by atoms with van der Waals surface area (Å²) < 4.78 is 10.5. The van der Waals surface area contributed by atoms with E-state index in [1.807, 2.05) is 49.4 Å². The number of rotatable bonds is 7. The normalized spacial score (nSPS) is 10.2. The average Bonchev–Trinajstić information content (AvgIpc) is 2.72. The first-order valence-corrected chi connectivity index (χ1v) is 8.88. The lowest BCUT2D eigenvalue weighted by molar-refractivity contribution is 0.0950. The zero-order chi connectivity index (χ0) is 19.9. The fourth-order valence-electron chi connectivity index (χ4n) is 2.75. The van der Waals surface area contributed by atoms with Crippen LogP contribution in [-0.4, -0.2) is 25.1 Å². The number of methoxy groups -OCH3 is 2. The largest absolute Gasteiger partial charge is 0.493 e. The number of hydrogen-bond acceptors (Lipinski definition) is 5. The maximum absolute atomic E-state index is 12.4. The number of aryl methyl sites for hydroxylation is 1. The second-order valence-corrected chi connectivity index (χ2v) is 6.30. The van der Waals surface area contributed by atoms with Gasteiger partial charge in [0.1, 0.15) is 5.82 Å². The van der Waals surface area contributed by atoms with E-state index in [2.05, 4.69) is 15.6 Å². The van der Waals surface area contributed by atoms with E-state index in [9.17, 15) is 4.79 Å². The Morgan fingerprint density at radius 3 is 2.50 bits per heavy atom. The molecule has 0 unspecified atom stereocenters. The smallest absolute Gasteiger partial charge is 0.253 e. The second kappa shape index (κ2) is 8.90. The molecule has 6 nitrogen and oxygen atoms in total. The number of pyridine rings is 1. The Balaban J connectivity index is 1.60. The summed E-state index contributed by atoms with van der Waals surface area (Å²) in [6.45, 7) is 2.41. The molecule has 0 aliphatic carbocycles. The number of anilines is 2. The van der Waals surface area contributed by atoms with Gasteiger partial charge in [0.2, 0.25) is 0 Å². The average molecular weight is 377 g/mol. The maximum Gasteiger partial charge on any atom is 0.253 e. The van der Waals surface area contributed by atoms with Gasteiger partial charge in [-0.3, -0.25) is 4.79 Å². The van der Waals surface area contributed by atoms with E-state index in [1.54, 1.807) is 32.5 Å². The second-order valence-electron chi connectivity index (χ2n) is 6.30. The molecule has 1 heterocycles. The molecule has 1 amide bonds. The Bertz CT molecular complexity index is 955. The van der Waals surface area contributed by atoms with Crippen molar-refractivity contribution in [3.63, 3.8) is 0 Å². The van der Waals surface area contributed by atoms with Crippen molar-refractivity contribution in [2.45, 2.75) is 13.5 Å². The number of aromatic nitrogens is 1. The highest BCUT2D eigenvalue weighted by molar-refractivity contribution is 5.94. The fourth-order valence-corrected chi connectivity index (χ4v) is 2.75. The summed E-state index contributed by atoms with van der Waals surface area (Å²) in [6, 6.07) is 17.1. The molecule has 0 atom stereocenters. The van der Waals surface area contributed by atoms with E-state index in [-0.39, 0.29) is 5.91 Å². The summed E-state index contributed by atoms with van der Waals surface area (Å²) in [5.74, 6) is 1.77. The first kappa shape index (κ1) is 19.2. The molecule has 6 heteroatoms. The highest BCUT2D eigenvalue weighted by atomic mass is 16.5. The molecule has 144 valence electrons. The molecule has 0 aliphatic heterocycles. The van der Waals surface area contributed by atoms with Crippen LogP contribution in [0.1, 0.15) is 21.5 Å². The zero-order valence-corrected chi connectivity index (χ0v) is 16.2. The van der Waals surface area contributed by atoms with Gasteiger partial charge in [-0.1, -0.05) is 18.2 Å². The molecule has 0 radical (unpaired) electrons. The lowest BCUT2D eigenvalue weighted by Gasteiger charge is -2.11. The number of nitrogens with zero attached hydrogens (tertiary/aromatic N) is 1. The summed E-state index contributed by atoms with van der Waals surface area (Å²) in [6.07, 6.45) is 1.56. The molecular weight excluding hydrogens is 354 g/mol. The molecule has 2 aromatic carbocycles. The minimum atomic E-state index is -0.190. The van der Waals surface area contributed by atoms with Crippen molar-refractivity contribution in [1.82, 2.24) is 10.3 Å². The predicted molar refractivity (Wildman–Crippen MR) is 109 cm³/mol. The summed E-state index contributed by atoms with van der Waals surface area (Å²) in [5, 5.41) is 6.11. The van der Waals surface area contributed by atoms with Crippen LogP contribution in [0, 0.1) is 6.92 Å². The van der Waals surface area contributed by atoms with Crippen molar-refractivity contribution >= 4 is 17.4 Å². The number of hydrogen-bond donors (Lipinski definition) is 2. The van der Waals surface area contributed by atoms with Crippen molar-refractivity contribution in [2.24, 2.45) is 0 Å². The van der Waals surface area contributed by atoms with Crippen LogP contribution in [0.4, 0.5) is 11.5 Å². The van der Waals surface area contributed by atoms with Gasteiger partial charge in [-0.2, -0.15) is 0 Å². The number of carbonyl (C=O) groups excluding carboxylic acids is 1. The number of carbonyl (C=O) groups is 1. The maximum atomic E-state index is 12.4. The van der Waals surface area contributed by atoms with Crippen molar-refractivity contribution < 1.29 is 14.3 Å². The van der Waals surface area contributed by atoms with Gasteiger partial charge >= 0.3 is 0 Å². The molecule has 3 rings (SSSR count). The van der Waals surface area contributed by atoms with E-state index in [4.69, 9.17) is 9.47 Å². The van der Waals surface area contributed by atoms with Crippen molar-refractivity contribution in [1.29, 1.82) is 0 Å². The van der Waals surface area contributed by atoms with Crippen molar-refractivity contribution in [2.75, 3.05) is 19.5 Å². The lowest BCUT2D eigenvalue weighted by atomic mass is 10.2. The Kier molecular flexibility index (Phi) is 6.11. The number of benzene rings is 2. The van der Waals surface area contributed by atoms with E-state index >= 15 is 0 Å². The summed E-state index contributed by atoms with van der Waals surface area (Å²) in [5.41, 5.74) is 3.53. The van der Waals surface area contributed by atoms with E-state index < -0.39 is 0 Å². The summed E-state index contributed by atoms with van der Waals surface area (Å²) >= 11 is 0. The molecule has 2 N–H and O–H groups in total. The van der Waals surface area contributed by atoms with Gasteiger partial charge in [0.05, 0.1) is 19.8 Å². The van der Waals surface area contributed by atoms with Gasteiger partial charge < -0.3 is 20.1 Å². The van der Waals surface area contributed by atoms with Crippen molar-refractivity contribution in [3.05, 3.63) is 77.5 Å². The van der Waals surface area contributed by atoms with Crippen LogP contribution in [0.3, 0.4) is 0 Å². The van der Waals surface area contributed by atoms with E-state index in [1.165, 1.54) is 0 Å². The van der Waals surface area contributed by atoms with E-state index in [0.29, 0.717) is 29.4 Å². The van der Waals surface area contributed by atoms with Crippen LogP contribution in [-0.2, 0) is 6.54 Å². The minimum Gasteiger partial charge on any atom is -0.493 e. The third-order valence-corrected chi connectivity index (χ3v) is 4.22. The lowest BCUT2D eigenvalue weighted by Crippen LogP contribution is -2.23. The monoisotopic (exact) mass is 377 g/mol. The standard InChI is InChI=1S/C22H23N3O3/c1-15-5-4-6-18(11-15)25-21-10-8-17(14-23-21)22(26)24-13-16-7-9-19(27-2)20(12-16)28-3/h4-12,14H,13H2,1-3H3,(H,23,25)(H,24,26). The third-order valence-electron chi connectivity index (χ3n) is 4.22. The van der Waals surface area contributed by atoms with Gasteiger partial charge in [0.25, 0.3) is 5.91 Å². The quantitative estimate of drug-likeness (QED) is 0.649. The predicted octanol–water partition coefficient (Wildman–Crippen LogP) is 4.08. The summed E-state index contributed by atoms with van der Waals surface area (Å²) in [7, 11) is 3.17. The van der Waals surface area contributed by atoms with Gasteiger partial charge in [-0.05, 0) is 54.4 Å². The highest BCUT2D eigenvalue weighted by Gasteiger charge is 2.08. The number of nitrogens with one attached hydrogen (secondary N) is 2. The van der Waals surface area contributed by atoms with E-state index in [0.717, 1.165) is 16.8 Å². The fraction of sp³-hybridized carbons (Fsp3) is 0.182. The topological polar surface area (TPSA) is 72.5 Å². The Morgan fingerprint density at radius 1 is 1.00 bits per heavy atom. The van der Waals surface area contributed by atoms with Crippen LogP contribution in [0.2, 0.25) is 0 Å². The van der Waals surface area contributed by atoms with Crippen LogP contribution in [0.5, 0.6) is 11.5 Å². The SMILES string of the molecule is COc1ccc(CNC(=O)c2ccc(Nc3cccc(C)c3)nc2)cc1OC. The first-order chi connectivity index (χ1) is 13.6. The molecule has 3 aromatic rings. The molecule has 0 saturated carbocycles. The Hall–Kier alpha value is -3.54. The molecule has 0 fully saturated rings. The van der Waals surface area contributed by atoms with Gasteiger partial charge in [0.15, 0.2) is 11.5 Å². The molecule has 0 spiro atoms. The summed E-state index contributed by atoms with van der Waals surface area (Å²) in [4.78, 5) is 16.7. The van der Waals surface area contributed by atoms with Crippen LogP contribution in [0.25, 0.3) is 0 Å². The third kappa shape index (κ3) is 4.79. The minimum absolute atomic E-state index is 0.190. The Morgan fingerprint density at radius 2 is 1.82 bits per heavy atom. The molecule has 0 saturated heterocycles.